The number of amides is 2. The van der Waals surface area contributed by atoms with Gasteiger partial charge in [-0.2, -0.15) is 0 Å². The highest BCUT2D eigenvalue weighted by Gasteiger charge is 2.26. The van der Waals surface area contributed by atoms with Crippen molar-refractivity contribution in [2.75, 3.05) is 10.6 Å². The molecule has 0 bridgehead atoms. The van der Waals surface area contributed by atoms with Gasteiger partial charge in [0.25, 0.3) is 0 Å². The molecule has 1 aliphatic heterocycles. The van der Waals surface area contributed by atoms with E-state index in [1.54, 1.807) is 0 Å². The molecule has 1 aliphatic rings. The zero-order valence-electron chi connectivity index (χ0n) is 12.7. The lowest BCUT2D eigenvalue weighted by molar-refractivity contribution is 0.262. The molecule has 2 heterocycles. The second kappa shape index (κ2) is 6.10. The molecule has 0 saturated heterocycles. The molecule has 0 unspecified atom stereocenters. The maximum atomic E-state index is 13.2. The van der Waals surface area contributed by atoms with E-state index >= 15 is 0 Å². The summed E-state index contributed by atoms with van der Waals surface area (Å²) in [6, 6.07) is 10.7. The van der Waals surface area contributed by atoms with Crippen LogP contribution in [0.25, 0.3) is 11.3 Å². The van der Waals surface area contributed by atoms with E-state index in [2.05, 4.69) is 15.8 Å². The summed E-state index contributed by atoms with van der Waals surface area (Å²) in [6.07, 6.45) is 0. The number of nitrogens with zero attached hydrogens (tertiary/aromatic N) is 1. The third-order valence-corrected chi connectivity index (χ3v) is 3.99. The number of halogens is 2. The Morgan fingerprint density at radius 2 is 2.04 bits per heavy atom. The SMILES string of the molecule is O=C(Nc1ccc(F)c(Cl)c1)Nc1noc2c1COc1ccccc1-2. The van der Waals surface area contributed by atoms with Crippen molar-refractivity contribution in [1.29, 1.82) is 0 Å². The van der Waals surface area contributed by atoms with Crippen molar-refractivity contribution < 1.29 is 18.4 Å². The Labute approximate surface area is 146 Å². The monoisotopic (exact) mass is 359 g/mol. The number of para-hydroxylation sites is 1. The van der Waals surface area contributed by atoms with E-state index in [1.807, 2.05) is 24.3 Å². The predicted molar refractivity (Wildman–Crippen MR) is 90.3 cm³/mol. The van der Waals surface area contributed by atoms with E-state index in [1.165, 1.54) is 18.2 Å². The zero-order valence-corrected chi connectivity index (χ0v) is 13.4. The minimum atomic E-state index is -0.561. The van der Waals surface area contributed by atoms with Crippen molar-refractivity contribution in [2.24, 2.45) is 0 Å². The average Bonchev–Trinajstić information content (AvgIpc) is 3.01. The Morgan fingerprint density at radius 3 is 2.88 bits per heavy atom. The number of carbonyl (C=O) groups excluding carboxylic acids is 1. The third-order valence-electron chi connectivity index (χ3n) is 3.70. The highest BCUT2D eigenvalue weighted by atomic mass is 35.5. The van der Waals surface area contributed by atoms with Crippen molar-refractivity contribution in [3.8, 4) is 17.1 Å². The van der Waals surface area contributed by atoms with E-state index in [0.29, 0.717) is 22.8 Å². The van der Waals surface area contributed by atoms with Crippen LogP contribution < -0.4 is 15.4 Å². The van der Waals surface area contributed by atoms with E-state index in [9.17, 15) is 9.18 Å². The smallest absolute Gasteiger partial charge is 0.324 e. The first kappa shape index (κ1) is 15.5. The van der Waals surface area contributed by atoms with Gasteiger partial charge in [-0.25, -0.2) is 9.18 Å². The molecule has 2 amide bonds. The molecular formula is C17H11ClFN3O3. The van der Waals surface area contributed by atoms with Crippen LogP contribution in [0.4, 0.5) is 20.7 Å². The molecule has 2 aromatic carbocycles. The molecular weight excluding hydrogens is 349 g/mol. The minimum Gasteiger partial charge on any atom is -0.488 e. The largest absolute Gasteiger partial charge is 0.488 e. The fraction of sp³-hybridized carbons (Fsp3) is 0.0588. The van der Waals surface area contributed by atoms with Gasteiger partial charge in [-0.15, -0.1) is 0 Å². The summed E-state index contributed by atoms with van der Waals surface area (Å²) in [6.45, 7) is 0.230. The lowest BCUT2D eigenvalue weighted by Crippen LogP contribution is -2.21. The van der Waals surface area contributed by atoms with Crippen molar-refractivity contribution in [1.82, 2.24) is 5.16 Å². The van der Waals surface area contributed by atoms with Crippen LogP contribution in [0, 0.1) is 5.82 Å². The average molecular weight is 360 g/mol. The van der Waals surface area contributed by atoms with Crippen LogP contribution in [-0.2, 0) is 6.61 Å². The van der Waals surface area contributed by atoms with Gasteiger partial charge < -0.3 is 14.6 Å². The van der Waals surface area contributed by atoms with Crippen LogP contribution >= 0.6 is 11.6 Å². The topological polar surface area (TPSA) is 76.4 Å². The van der Waals surface area contributed by atoms with Gasteiger partial charge >= 0.3 is 6.03 Å². The number of aromatic nitrogens is 1. The van der Waals surface area contributed by atoms with Gasteiger partial charge in [0.05, 0.1) is 16.1 Å². The maximum Gasteiger partial charge on any atom is 0.324 e. The van der Waals surface area contributed by atoms with Gasteiger partial charge in [-0.1, -0.05) is 28.9 Å². The van der Waals surface area contributed by atoms with E-state index in [0.717, 1.165) is 5.56 Å². The summed E-state index contributed by atoms with van der Waals surface area (Å²) in [5, 5.41) is 8.96. The van der Waals surface area contributed by atoms with Crippen molar-refractivity contribution in [3.05, 3.63) is 58.9 Å². The second-order valence-corrected chi connectivity index (χ2v) is 5.74. The summed E-state index contributed by atoms with van der Waals surface area (Å²) in [7, 11) is 0. The Morgan fingerprint density at radius 1 is 1.20 bits per heavy atom. The molecule has 0 aliphatic carbocycles. The summed E-state index contributed by atoms with van der Waals surface area (Å²) in [5.41, 5.74) is 1.77. The fourth-order valence-corrected chi connectivity index (χ4v) is 2.71. The van der Waals surface area contributed by atoms with Crippen molar-refractivity contribution in [3.63, 3.8) is 0 Å². The molecule has 3 aromatic rings. The molecule has 4 rings (SSSR count). The van der Waals surface area contributed by atoms with Crippen molar-refractivity contribution in [2.45, 2.75) is 6.61 Å². The van der Waals surface area contributed by atoms with Crippen LogP contribution in [0.5, 0.6) is 5.75 Å². The summed E-state index contributed by atoms with van der Waals surface area (Å²) >= 11 is 5.69. The quantitative estimate of drug-likeness (QED) is 0.697. The Balaban J connectivity index is 1.53. The maximum absolute atomic E-state index is 13.2. The number of fused-ring (bicyclic) bond motifs is 3. The number of hydrogen-bond donors (Lipinski definition) is 2. The summed E-state index contributed by atoms with van der Waals surface area (Å²) in [4.78, 5) is 12.1. The van der Waals surface area contributed by atoms with E-state index in [4.69, 9.17) is 20.9 Å². The Kier molecular flexibility index (Phi) is 3.77. The standard InChI is InChI=1S/C17H11ClFN3O3/c18-12-7-9(5-6-13(12)19)20-17(23)21-16-11-8-24-14-4-2-1-3-10(14)15(11)25-22-16/h1-7H,8H2,(H2,20,21,22,23). The molecule has 6 nitrogen and oxygen atoms in total. The van der Waals surface area contributed by atoms with E-state index in [-0.39, 0.29) is 17.4 Å². The van der Waals surface area contributed by atoms with Gasteiger partial charge in [-0.05, 0) is 30.3 Å². The molecule has 1 aromatic heterocycles. The lowest BCUT2D eigenvalue weighted by atomic mass is 10.1. The molecule has 25 heavy (non-hydrogen) atoms. The molecule has 126 valence electrons. The van der Waals surface area contributed by atoms with Gasteiger partial charge in [0, 0.05) is 5.69 Å². The van der Waals surface area contributed by atoms with Gasteiger partial charge in [-0.3, -0.25) is 5.32 Å². The number of hydrogen-bond acceptors (Lipinski definition) is 4. The number of carbonyl (C=O) groups is 1. The fourth-order valence-electron chi connectivity index (χ4n) is 2.53. The first-order valence-corrected chi connectivity index (χ1v) is 7.73. The number of ether oxygens (including phenoxy) is 1. The summed E-state index contributed by atoms with van der Waals surface area (Å²) in [5.74, 6) is 0.953. The number of nitrogens with one attached hydrogen (secondary N) is 2. The van der Waals surface area contributed by atoms with Crippen LogP contribution in [0.15, 0.2) is 47.0 Å². The zero-order chi connectivity index (χ0) is 17.4. The first-order valence-electron chi connectivity index (χ1n) is 7.35. The highest BCUT2D eigenvalue weighted by Crippen LogP contribution is 2.40. The van der Waals surface area contributed by atoms with Crippen LogP contribution in [0.3, 0.4) is 0 Å². The molecule has 8 heteroatoms. The number of benzene rings is 2. The second-order valence-electron chi connectivity index (χ2n) is 5.33. The normalized spacial score (nSPS) is 11.9. The molecule has 0 spiro atoms. The molecule has 0 fully saturated rings. The Bertz CT molecular complexity index is 974. The predicted octanol–water partition coefficient (Wildman–Crippen LogP) is 4.67. The minimum absolute atomic E-state index is 0.0818. The first-order chi connectivity index (χ1) is 12.1. The number of anilines is 2. The van der Waals surface area contributed by atoms with Crippen LogP contribution in [-0.4, -0.2) is 11.2 Å². The van der Waals surface area contributed by atoms with Gasteiger partial charge in [0.1, 0.15) is 18.2 Å². The van der Waals surface area contributed by atoms with Gasteiger partial charge in [0.2, 0.25) is 0 Å². The number of rotatable bonds is 2. The molecule has 2 N–H and O–H groups in total. The van der Waals surface area contributed by atoms with Crippen molar-refractivity contribution >= 4 is 29.1 Å². The molecule has 0 radical (unpaired) electrons. The van der Waals surface area contributed by atoms with Gasteiger partial charge in [0.15, 0.2) is 11.6 Å². The number of urea groups is 1. The molecule has 0 saturated carbocycles. The van der Waals surface area contributed by atoms with E-state index < -0.39 is 11.8 Å². The highest BCUT2D eigenvalue weighted by molar-refractivity contribution is 6.31. The summed E-state index contributed by atoms with van der Waals surface area (Å²) < 4.78 is 24.2. The van der Waals surface area contributed by atoms with Crippen LogP contribution in [0.1, 0.15) is 5.56 Å². The third kappa shape index (κ3) is 2.89. The molecule has 0 atom stereocenters. The van der Waals surface area contributed by atoms with Crippen LogP contribution in [0.2, 0.25) is 5.02 Å². The Hall–Kier alpha value is -3.06. The lowest BCUT2D eigenvalue weighted by Gasteiger charge is -2.16.